The molecule has 4 rings (SSSR count). The third-order valence-electron chi connectivity index (χ3n) is 6.44. The second kappa shape index (κ2) is 9.57. The molecule has 0 saturated carbocycles. The van der Waals surface area contributed by atoms with E-state index in [9.17, 15) is 4.79 Å². The Bertz CT molecular complexity index is 708. The summed E-state index contributed by atoms with van der Waals surface area (Å²) >= 11 is 0. The smallest absolute Gasteiger partial charge is 0.275 e. The van der Waals surface area contributed by atoms with Gasteiger partial charge in [-0.2, -0.15) is 0 Å². The molecule has 28 heavy (non-hydrogen) atoms. The van der Waals surface area contributed by atoms with Crippen molar-refractivity contribution >= 4 is 5.91 Å². The van der Waals surface area contributed by atoms with Gasteiger partial charge in [0.2, 0.25) is 0 Å². The van der Waals surface area contributed by atoms with Crippen molar-refractivity contribution in [2.24, 2.45) is 0 Å². The van der Waals surface area contributed by atoms with Gasteiger partial charge in [-0.1, -0.05) is 11.6 Å². The summed E-state index contributed by atoms with van der Waals surface area (Å²) in [5.41, 5.74) is 4.31. The summed E-state index contributed by atoms with van der Waals surface area (Å²) in [6.45, 7) is 7.80. The molecule has 2 aliphatic heterocycles. The average Bonchev–Trinajstić information content (AvgIpc) is 3.18. The second-order valence-electron chi connectivity index (χ2n) is 8.60. The van der Waals surface area contributed by atoms with Gasteiger partial charge in [-0.15, -0.1) is 0 Å². The molecule has 1 aromatic rings. The van der Waals surface area contributed by atoms with Gasteiger partial charge in [-0.05, 0) is 55.9 Å². The lowest BCUT2D eigenvalue weighted by atomic mass is 9.97. The van der Waals surface area contributed by atoms with Gasteiger partial charge in [0.25, 0.3) is 5.91 Å². The van der Waals surface area contributed by atoms with Crippen LogP contribution in [0.3, 0.4) is 0 Å². The number of quaternary nitrogens is 2. The molecule has 5 heteroatoms. The first-order valence-electron chi connectivity index (χ1n) is 11.1. The van der Waals surface area contributed by atoms with Gasteiger partial charge in [0.1, 0.15) is 38.5 Å². The van der Waals surface area contributed by atoms with Gasteiger partial charge in [0.05, 0.1) is 6.61 Å². The number of rotatable bonds is 7. The molecule has 2 heterocycles. The van der Waals surface area contributed by atoms with Gasteiger partial charge in [0.15, 0.2) is 6.54 Å². The molecule has 0 spiro atoms. The number of allylic oxidation sites excluding steroid dienone is 1. The lowest BCUT2D eigenvalue weighted by Crippen LogP contribution is -3.28. The Morgan fingerprint density at radius 1 is 1.07 bits per heavy atom. The van der Waals surface area contributed by atoms with Crippen molar-refractivity contribution in [1.29, 1.82) is 0 Å². The number of fused-ring (bicyclic) bond motifs is 1. The molecule has 0 atom stereocenters. The third kappa shape index (κ3) is 5.36. The maximum atomic E-state index is 12.3. The summed E-state index contributed by atoms with van der Waals surface area (Å²) in [6, 6.07) is 6.67. The number of piperazine rings is 1. The molecule has 152 valence electrons. The van der Waals surface area contributed by atoms with Crippen LogP contribution in [0.2, 0.25) is 0 Å². The lowest BCUT2D eigenvalue weighted by molar-refractivity contribution is -1.02. The molecule has 3 N–H and O–H groups in total. The molecule has 1 amide bonds. The van der Waals surface area contributed by atoms with Gasteiger partial charge in [-0.3, -0.25) is 4.79 Å². The molecule has 1 saturated heterocycles. The summed E-state index contributed by atoms with van der Waals surface area (Å²) in [5.74, 6) is 1.28. The summed E-state index contributed by atoms with van der Waals surface area (Å²) in [6.07, 6.45) is 9.54. The third-order valence-corrected chi connectivity index (χ3v) is 6.44. The number of carbonyl (C=O) groups is 1. The molecule has 0 bridgehead atoms. The van der Waals surface area contributed by atoms with E-state index < -0.39 is 0 Å². The normalized spacial score (nSPS) is 24.2. The van der Waals surface area contributed by atoms with Crippen molar-refractivity contribution in [3.05, 3.63) is 41.0 Å². The fourth-order valence-electron chi connectivity index (χ4n) is 4.73. The number of hydrogen-bond acceptors (Lipinski definition) is 2. The zero-order valence-corrected chi connectivity index (χ0v) is 17.0. The second-order valence-corrected chi connectivity index (χ2v) is 8.60. The van der Waals surface area contributed by atoms with E-state index >= 15 is 0 Å². The number of nitrogens with one attached hydrogen (secondary N) is 3. The van der Waals surface area contributed by atoms with Crippen LogP contribution >= 0.6 is 0 Å². The van der Waals surface area contributed by atoms with Crippen LogP contribution in [0.1, 0.15) is 43.2 Å². The van der Waals surface area contributed by atoms with Crippen LogP contribution in [0.4, 0.5) is 0 Å². The first-order chi connectivity index (χ1) is 13.8. The summed E-state index contributed by atoms with van der Waals surface area (Å²) in [5, 5.41) is 3.13. The van der Waals surface area contributed by atoms with Crippen molar-refractivity contribution in [3.63, 3.8) is 0 Å². The van der Waals surface area contributed by atoms with E-state index in [0.717, 1.165) is 64.5 Å². The minimum absolute atomic E-state index is 0.216. The zero-order chi connectivity index (χ0) is 19.2. The van der Waals surface area contributed by atoms with E-state index in [1.807, 2.05) is 0 Å². The Morgan fingerprint density at radius 2 is 1.93 bits per heavy atom. The largest absolute Gasteiger partial charge is 0.493 e. The first kappa shape index (κ1) is 19.5. The van der Waals surface area contributed by atoms with Crippen LogP contribution < -0.4 is 19.9 Å². The molecule has 1 fully saturated rings. The standard InChI is InChI=1S/C23H33N3O2/c27-23(24-10-8-19-4-2-1-3-5-19)18-26-13-11-25(12-14-26)17-20-6-7-22-21(16-20)9-15-28-22/h4,6-7,16H,1-3,5,8-15,17-18H2,(H,24,27)/p+2. The van der Waals surface area contributed by atoms with Crippen molar-refractivity contribution in [2.75, 3.05) is 45.9 Å². The highest BCUT2D eigenvalue weighted by atomic mass is 16.5. The average molecular weight is 386 g/mol. The molecule has 0 aromatic heterocycles. The number of benzene rings is 1. The Labute approximate surface area is 168 Å². The van der Waals surface area contributed by atoms with E-state index in [4.69, 9.17) is 4.74 Å². The first-order valence-corrected chi connectivity index (χ1v) is 11.1. The highest BCUT2D eigenvalue weighted by Crippen LogP contribution is 2.25. The minimum Gasteiger partial charge on any atom is -0.493 e. The Balaban J connectivity index is 1.14. The molecule has 0 unspecified atom stereocenters. The van der Waals surface area contributed by atoms with Crippen molar-refractivity contribution in [1.82, 2.24) is 5.32 Å². The van der Waals surface area contributed by atoms with Crippen molar-refractivity contribution in [3.8, 4) is 5.75 Å². The van der Waals surface area contributed by atoms with Gasteiger partial charge < -0.3 is 19.9 Å². The van der Waals surface area contributed by atoms with E-state index in [1.165, 1.54) is 47.3 Å². The molecular formula is C23H35N3O2+2. The summed E-state index contributed by atoms with van der Waals surface area (Å²) in [4.78, 5) is 15.3. The summed E-state index contributed by atoms with van der Waals surface area (Å²) < 4.78 is 5.61. The van der Waals surface area contributed by atoms with E-state index in [-0.39, 0.29) is 5.91 Å². The van der Waals surface area contributed by atoms with E-state index in [1.54, 1.807) is 4.90 Å². The van der Waals surface area contributed by atoms with Gasteiger partial charge in [0, 0.05) is 18.5 Å². The fraction of sp³-hybridized carbons (Fsp3) is 0.609. The lowest BCUT2D eigenvalue weighted by Gasteiger charge is -2.29. The number of hydrogen-bond donors (Lipinski definition) is 3. The SMILES string of the molecule is O=C(C[NH+]1CC[NH+](Cc2ccc3c(c2)CCO3)CC1)NCCC1=CCCCC1. The predicted octanol–water partition coefficient (Wildman–Crippen LogP) is -0.0884. The highest BCUT2D eigenvalue weighted by Gasteiger charge is 2.25. The topological polar surface area (TPSA) is 47.2 Å². The van der Waals surface area contributed by atoms with Gasteiger partial charge in [-0.25, -0.2) is 0 Å². The highest BCUT2D eigenvalue weighted by molar-refractivity contribution is 5.76. The molecule has 5 nitrogen and oxygen atoms in total. The predicted molar refractivity (Wildman–Crippen MR) is 110 cm³/mol. The Morgan fingerprint density at radius 3 is 2.75 bits per heavy atom. The van der Waals surface area contributed by atoms with Crippen molar-refractivity contribution in [2.45, 2.75) is 45.1 Å². The Hall–Kier alpha value is -1.85. The van der Waals surface area contributed by atoms with Crippen LogP contribution in [0, 0.1) is 0 Å². The van der Waals surface area contributed by atoms with Crippen LogP contribution in [-0.4, -0.2) is 51.8 Å². The number of ether oxygens (including phenoxy) is 1. The monoisotopic (exact) mass is 385 g/mol. The van der Waals surface area contributed by atoms with Crippen LogP contribution in [0.5, 0.6) is 5.75 Å². The molecule has 0 radical (unpaired) electrons. The molecular weight excluding hydrogens is 350 g/mol. The fourth-order valence-corrected chi connectivity index (χ4v) is 4.73. The van der Waals surface area contributed by atoms with Crippen LogP contribution in [0.25, 0.3) is 0 Å². The van der Waals surface area contributed by atoms with Crippen LogP contribution in [-0.2, 0) is 17.8 Å². The van der Waals surface area contributed by atoms with Crippen LogP contribution in [0.15, 0.2) is 29.8 Å². The van der Waals surface area contributed by atoms with E-state index in [0.29, 0.717) is 6.54 Å². The maximum absolute atomic E-state index is 12.3. The molecule has 1 aromatic carbocycles. The Kier molecular flexibility index (Phi) is 6.65. The molecule has 3 aliphatic rings. The minimum atomic E-state index is 0.216. The van der Waals surface area contributed by atoms with E-state index in [2.05, 4.69) is 29.6 Å². The number of carbonyl (C=O) groups excluding carboxylic acids is 1. The van der Waals surface area contributed by atoms with Crippen molar-refractivity contribution < 1.29 is 19.3 Å². The number of amides is 1. The maximum Gasteiger partial charge on any atom is 0.275 e. The molecule has 1 aliphatic carbocycles. The quantitative estimate of drug-likeness (QED) is 0.575. The zero-order valence-electron chi connectivity index (χ0n) is 17.0. The summed E-state index contributed by atoms with van der Waals surface area (Å²) in [7, 11) is 0. The van der Waals surface area contributed by atoms with Gasteiger partial charge >= 0.3 is 0 Å².